The minimum atomic E-state index is -1.81. The SMILES string of the molecule is CCOC(=O)CC1(CCC(C)=O)C(=O)OC(C)(C)OC1=O. The summed E-state index contributed by atoms with van der Waals surface area (Å²) in [4.78, 5) is 47.4. The minimum absolute atomic E-state index is 0.0377. The van der Waals surface area contributed by atoms with Crippen molar-refractivity contribution < 1.29 is 33.4 Å². The van der Waals surface area contributed by atoms with Crippen LogP contribution in [0.1, 0.15) is 47.0 Å². The third kappa shape index (κ3) is 4.03. The molecule has 1 aliphatic heterocycles. The fraction of sp³-hybridized carbons (Fsp3) is 0.714. The molecule has 0 N–H and O–H groups in total. The van der Waals surface area contributed by atoms with E-state index in [2.05, 4.69) is 0 Å². The van der Waals surface area contributed by atoms with Crippen molar-refractivity contribution in [3.8, 4) is 0 Å². The Hall–Kier alpha value is -1.92. The second-order valence-electron chi connectivity index (χ2n) is 5.44. The lowest BCUT2D eigenvalue weighted by molar-refractivity contribution is -0.252. The molecule has 0 amide bonds. The number of hydrogen-bond donors (Lipinski definition) is 0. The number of hydrogen-bond acceptors (Lipinski definition) is 7. The third-order valence-corrected chi connectivity index (χ3v) is 3.11. The Balaban J connectivity index is 3.06. The first-order valence-electron chi connectivity index (χ1n) is 6.75. The smallest absolute Gasteiger partial charge is 0.327 e. The highest BCUT2D eigenvalue weighted by molar-refractivity contribution is 6.04. The second-order valence-corrected chi connectivity index (χ2v) is 5.44. The van der Waals surface area contributed by atoms with Gasteiger partial charge in [-0.15, -0.1) is 0 Å². The van der Waals surface area contributed by atoms with Crippen LogP contribution < -0.4 is 0 Å². The van der Waals surface area contributed by atoms with Crippen LogP contribution in [0.3, 0.4) is 0 Å². The van der Waals surface area contributed by atoms with E-state index in [0.29, 0.717) is 0 Å². The predicted octanol–water partition coefficient (Wildman–Crippen LogP) is 1.13. The van der Waals surface area contributed by atoms with E-state index < -0.39 is 35.5 Å². The highest BCUT2D eigenvalue weighted by Crippen LogP contribution is 2.39. The molecule has 0 radical (unpaired) electrons. The van der Waals surface area contributed by atoms with Crippen molar-refractivity contribution in [2.45, 2.75) is 52.7 Å². The van der Waals surface area contributed by atoms with Crippen molar-refractivity contribution in [1.82, 2.24) is 0 Å². The average molecular weight is 300 g/mol. The lowest BCUT2D eigenvalue weighted by atomic mass is 9.78. The van der Waals surface area contributed by atoms with Gasteiger partial charge in [-0.05, 0) is 20.3 Å². The van der Waals surface area contributed by atoms with Gasteiger partial charge in [-0.1, -0.05) is 0 Å². The Morgan fingerprint density at radius 2 is 1.67 bits per heavy atom. The van der Waals surface area contributed by atoms with Crippen molar-refractivity contribution in [3.05, 3.63) is 0 Å². The third-order valence-electron chi connectivity index (χ3n) is 3.11. The Kier molecular flexibility index (Phi) is 5.09. The minimum Gasteiger partial charge on any atom is -0.466 e. The molecule has 7 nitrogen and oxygen atoms in total. The topological polar surface area (TPSA) is 96.0 Å². The molecule has 0 aromatic rings. The van der Waals surface area contributed by atoms with Crippen LogP contribution in [-0.2, 0) is 33.4 Å². The van der Waals surface area contributed by atoms with Crippen molar-refractivity contribution in [3.63, 3.8) is 0 Å². The number of carbonyl (C=O) groups is 4. The van der Waals surface area contributed by atoms with E-state index >= 15 is 0 Å². The number of carbonyl (C=O) groups excluding carboxylic acids is 4. The zero-order valence-corrected chi connectivity index (χ0v) is 12.7. The summed E-state index contributed by atoms with van der Waals surface area (Å²) >= 11 is 0. The van der Waals surface area contributed by atoms with Gasteiger partial charge in [0.15, 0.2) is 5.41 Å². The van der Waals surface area contributed by atoms with Crippen LogP contribution in [0.4, 0.5) is 0 Å². The summed E-state index contributed by atoms with van der Waals surface area (Å²) in [6.07, 6.45) is -0.680. The molecular weight excluding hydrogens is 280 g/mol. The number of cyclic esters (lactones) is 2. The highest BCUT2D eigenvalue weighted by Gasteiger charge is 2.57. The van der Waals surface area contributed by atoms with E-state index in [9.17, 15) is 19.2 Å². The molecule has 0 atom stereocenters. The van der Waals surface area contributed by atoms with Gasteiger partial charge in [-0.2, -0.15) is 0 Å². The van der Waals surface area contributed by atoms with E-state index in [0.717, 1.165) is 0 Å². The van der Waals surface area contributed by atoms with E-state index in [-0.39, 0.29) is 25.2 Å². The molecule has 1 aliphatic rings. The Morgan fingerprint density at radius 1 is 1.14 bits per heavy atom. The van der Waals surface area contributed by atoms with Gasteiger partial charge in [-0.25, -0.2) is 0 Å². The Labute approximate surface area is 122 Å². The van der Waals surface area contributed by atoms with Crippen LogP contribution >= 0.6 is 0 Å². The zero-order chi connectivity index (χ0) is 16.3. The average Bonchev–Trinajstić information content (AvgIpc) is 2.31. The first-order valence-corrected chi connectivity index (χ1v) is 6.75. The molecular formula is C14H20O7. The standard InChI is InChI=1S/C14H20O7/c1-5-19-10(16)8-14(7-6-9(2)15)11(17)20-13(3,4)21-12(14)18/h5-8H2,1-4H3. The van der Waals surface area contributed by atoms with Crippen molar-refractivity contribution in [1.29, 1.82) is 0 Å². The van der Waals surface area contributed by atoms with Crippen LogP contribution in [0, 0.1) is 5.41 Å². The highest BCUT2D eigenvalue weighted by atomic mass is 16.7. The summed E-state index contributed by atoms with van der Waals surface area (Å²) in [5, 5.41) is 0. The molecule has 0 aromatic heterocycles. The van der Waals surface area contributed by atoms with Crippen LogP contribution in [0.25, 0.3) is 0 Å². The summed E-state index contributed by atoms with van der Waals surface area (Å²) in [5.74, 6) is -4.03. The molecule has 21 heavy (non-hydrogen) atoms. The molecule has 0 spiro atoms. The largest absolute Gasteiger partial charge is 0.466 e. The predicted molar refractivity (Wildman–Crippen MR) is 69.9 cm³/mol. The molecule has 0 bridgehead atoms. The summed E-state index contributed by atoms with van der Waals surface area (Å²) in [6, 6.07) is 0. The molecule has 0 aromatic carbocycles. The van der Waals surface area contributed by atoms with Crippen LogP contribution in [0.2, 0.25) is 0 Å². The maximum Gasteiger partial charge on any atom is 0.327 e. The first-order chi connectivity index (χ1) is 9.63. The van der Waals surface area contributed by atoms with Gasteiger partial charge in [0.1, 0.15) is 5.78 Å². The van der Waals surface area contributed by atoms with Crippen LogP contribution in [0.5, 0.6) is 0 Å². The summed E-state index contributed by atoms with van der Waals surface area (Å²) in [6.45, 7) is 5.91. The van der Waals surface area contributed by atoms with Crippen molar-refractivity contribution in [2.75, 3.05) is 6.61 Å². The number of ketones is 1. The number of ether oxygens (including phenoxy) is 3. The van der Waals surface area contributed by atoms with Gasteiger partial charge in [0.05, 0.1) is 13.0 Å². The van der Waals surface area contributed by atoms with Crippen molar-refractivity contribution in [2.24, 2.45) is 5.41 Å². The maximum absolute atomic E-state index is 12.3. The molecule has 1 heterocycles. The fourth-order valence-corrected chi connectivity index (χ4v) is 2.03. The Bertz CT molecular complexity index is 444. The monoisotopic (exact) mass is 300 g/mol. The number of rotatable bonds is 6. The normalized spacial score (nSPS) is 19.4. The van der Waals surface area contributed by atoms with Gasteiger partial charge in [0.25, 0.3) is 5.79 Å². The summed E-state index contributed by atoms with van der Waals surface area (Å²) in [5.41, 5.74) is -1.81. The molecule has 0 saturated carbocycles. The zero-order valence-electron chi connectivity index (χ0n) is 12.7. The van der Waals surface area contributed by atoms with E-state index in [4.69, 9.17) is 14.2 Å². The van der Waals surface area contributed by atoms with E-state index in [1.165, 1.54) is 20.8 Å². The van der Waals surface area contributed by atoms with Gasteiger partial charge >= 0.3 is 17.9 Å². The maximum atomic E-state index is 12.3. The summed E-state index contributed by atoms with van der Waals surface area (Å²) < 4.78 is 14.9. The molecule has 0 unspecified atom stereocenters. The molecule has 118 valence electrons. The van der Waals surface area contributed by atoms with Crippen molar-refractivity contribution >= 4 is 23.7 Å². The van der Waals surface area contributed by atoms with Gasteiger partial charge in [-0.3, -0.25) is 14.4 Å². The van der Waals surface area contributed by atoms with Gasteiger partial charge in [0, 0.05) is 20.3 Å². The second kappa shape index (κ2) is 6.24. The van der Waals surface area contributed by atoms with Crippen LogP contribution in [0.15, 0.2) is 0 Å². The molecule has 7 heteroatoms. The van der Waals surface area contributed by atoms with E-state index in [1.807, 2.05) is 0 Å². The molecule has 1 saturated heterocycles. The molecule has 0 aliphatic carbocycles. The fourth-order valence-electron chi connectivity index (χ4n) is 2.03. The number of Topliss-reactive ketones (excluding diaryl/α,β-unsaturated/α-hetero) is 1. The molecule has 1 fully saturated rings. The molecule has 1 rings (SSSR count). The number of esters is 3. The first kappa shape index (κ1) is 17.1. The quantitative estimate of drug-likeness (QED) is 0.536. The van der Waals surface area contributed by atoms with Gasteiger partial charge < -0.3 is 19.0 Å². The van der Waals surface area contributed by atoms with Crippen LogP contribution in [-0.4, -0.2) is 36.1 Å². The lowest BCUT2D eigenvalue weighted by Gasteiger charge is -2.39. The lowest BCUT2D eigenvalue weighted by Crippen LogP contribution is -2.55. The van der Waals surface area contributed by atoms with E-state index in [1.54, 1.807) is 6.92 Å². The Morgan fingerprint density at radius 3 is 2.10 bits per heavy atom. The summed E-state index contributed by atoms with van der Waals surface area (Å²) in [7, 11) is 0. The van der Waals surface area contributed by atoms with Gasteiger partial charge in [0.2, 0.25) is 0 Å².